The summed E-state index contributed by atoms with van der Waals surface area (Å²) in [7, 11) is 0. The number of carboxylic acids is 1. The van der Waals surface area contributed by atoms with Crippen LogP contribution in [0.1, 0.15) is 41.6 Å². The van der Waals surface area contributed by atoms with Crippen LogP contribution in [0.4, 0.5) is 13.2 Å². The van der Waals surface area contributed by atoms with E-state index >= 15 is 0 Å². The van der Waals surface area contributed by atoms with E-state index in [4.69, 9.17) is 23.9 Å². The molecule has 2 aromatic rings. The molecule has 2 aliphatic heterocycles. The first-order valence-corrected chi connectivity index (χ1v) is 10.8. The van der Waals surface area contributed by atoms with Gasteiger partial charge in [0.1, 0.15) is 22.7 Å². The number of pyridine rings is 1. The highest BCUT2D eigenvalue weighted by Crippen LogP contribution is 2.41. The number of halogens is 3. The van der Waals surface area contributed by atoms with Crippen LogP contribution < -0.4 is 4.74 Å². The molecule has 4 rings (SSSR count). The lowest BCUT2D eigenvalue weighted by Crippen LogP contribution is -2.66. The third-order valence-electron chi connectivity index (χ3n) is 5.76. The van der Waals surface area contributed by atoms with Crippen LogP contribution in [0, 0.1) is 12.8 Å². The zero-order valence-electron chi connectivity index (χ0n) is 18.8. The number of carbonyl (C=O) groups is 2. The number of aromatic nitrogens is 2. The molecule has 2 aromatic heterocycles. The average molecular weight is 485 g/mol. The molecular formula is C22H26F3N3O6. The second-order valence-corrected chi connectivity index (χ2v) is 8.18. The smallest absolute Gasteiger partial charge is 0.490 e. The molecule has 34 heavy (non-hydrogen) atoms. The van der Waals surface area contributed by atoms with E-state index in [0.29, 0.717) is 43.3 Å². The predicted octanol–water partition coefficient (Wildman–Crippen LogP) is 3.27. The monoisotopic (exact) mass is 485 g/mol. The molecule has 1 spiro atoms. The van der Waals surface area contributed by atoms with Crippen LogP contribution in [0.3, 0.4) is 0 Å². The Morgan fingerprint density at radius 2 is 2.06 bits per heavy atom. The van der Waals surface area contributed by atoms with Crippen LogP contribution in [-0.2, 0) is 16.0 Å². The summed E-state index contributed by atoms with van der Waals surface area (Å²) in [4.78, 5) is 27.8. The number of amides is 1. The molecule has 4 heterocycles. The van der Waals surface area contributed by atoms with E-state index in [1.165, 1.54) is 0 Å². The number of rotatable bonds is 6. The van der Waals surface area contributed by atoms with Crippen molar-refractivity contribution in [2.24, 2.45) is 5.92 Å². The van der Waals surface area contributed by atoms with E-state index in [9.17, 15) is 18.0 Å². The maximum absolute atomic E-state index is 13.0. The molecule has 2 saturated heterocycles. The van der Waals surface area contributed by atoms with Crippen LogP contribution in [0.2, 0.25) is 0 Å². The van der Waals surface area contributed by atoms with Crippen molar-refractivity contribution in [3.05, 3.63) is 41.5 Å². The van der Waals surface area contributed by atoms with Gasteiger partial charge in [0.25, 0.3) is 5.91 Å². The number of carboxylic acid groups (broad SMARTS) is 1. The molecule has 0 radical (unpaired) electrons. The van der Waals surface area contributed by atoms with Crippen molar-refractivity contribution in [3.63, 3.8) is 0 Å². The van der Waals surface area contributed by atoms with Gasteiger partial charge in [0.2, 0.25) is 0 Å². The molecule has 0 aliphatic carbocycles. The molecule has 2 aliphatic rings. The van der Waals surface area contributed by atoms with E-state index in [-0.39, 0.29) is 17.4 Å². The van der Waals surface area contributed by atoms with Crippen LogP contribution in [0.5, 0.6) is 5.75 Å². The van der Waals surface area contributed by atoms with Gasteiger partial charge in [-0.25, -0.2) is 4.79 Å². The Kier molecular flexibility index (Phi) is 7.80. The summed E-state index contributed by atoms with van der Waals surface area (Å²) in [6.45, 7) is 6.33. The molecule has 0 aromatic carbocycles. The zero-order valence-corrected chi connectivity index (χ0v) is 18.8. The number of ether oxygens (including phenoxy) is 2. The van der Waals surface area contributed by atoms with Crippen molar-refractivity contribution in [2.45, 2.75) is 44.9 Å². The third kappa shape index (κ3) is 5.66. The maximum Gasteiger partial charge on any atom is 0.490 e. The highest BCUT2D eigenvalue weighted by Gasteiger charge is 2.55. The highest BCUT2D eigenvalue weighted by atomic mass is 19.4. The summed E-state index contributed by atoms with van der Waals surface area (Å²) in [5, 5.41) is 11.1. The fourth-order valence-corrected chi connectivity index (χ4v) is 3.99. The number of aliphatic carboxylic acids is 1. The van der Waals surface area contributed by atoms with E-state index in [2.05, 4.69) is 17.1 Å². The molecule has 1 atom stereocenters. The maximum atomic E-state index is 13.0. The van der Waals surface area contributed by atoms with Crippen LogP contribution in [0.25, 0.3) is 0 Å². The summed E-state index contributed by atoms with van der Waals surface area (Å²) in [5.41, 5.74) is 0.981. The van der Waals surface area contributed by atoms with Crippen molar-refractivity contribution < 1.29 is 41.9 Å². The van der Waals surface area contributed by atoms with Gasteiger partial charge in [-0.15, -0.1) is 0 Å². The summed E-state index contributed by atoms with van der Waals surface area (Å²) < 4.78 is 49.0. The minimum absolute atomic E-state index is 0.00903. The van der Waals surface area contributed by atoms with Gasteiger partial charge < -0.3 is 24.0 Å². The van der Waals surface area contributed by atoms with Gasteiger partial charge in [-0.05, 0) is 31.9 Å². The van der Waals surface area contributed by atoms with E-state index in [1.54, 1.807) is 12.4 Å². The largest absolute Gasteiger partial charge is 0.492 e. The number of likely N-dealkylation sites (tertiary alicyclic amines) is 1. The Morgan fingerprint density at radius 1 is 1.35 bits per heavy atom. The van der Waals surface area contributed by atoms with Gasteiger partial charge in [0.05, 0.1) is 31.6 Å². The second kappa shape index (κ2) is 10.4. The zero-order chi connectivity index (χ0) is 24.9. The van der Waals surface area contributed by atoms with Gasteiger partial charge in [0.15, 0.2) is 0 Å². The summed E-state index contributed by atoms with van der Waals surface area (Å²) in [6.07, 6.45) is 0.926. The minimum atomic E-state index is -5.08. The normalized spacial score (nSPS) is 18.7. The Labute approximate surface area is 193 Å². The first-order valence-electron chi connectivity index (χ1n) is 10.8. The van der Waals surface area contributed by atoms with Gasteiger partial charge >= 0.3 is 12.1 Å². The first kappa shape index (κ1) is 25.5. The molecule has 12 heteroatoms. The van der Waals surface area contributed by atoms with Gasteiger partial charge in [-0.3, -0.25) is 9.78 Å². The van der Waals surface area contributed by atoms with Crippen molar-refractivity contribution in [3.8, 4) is 5.75 Å². The quantitative estimate of drug-likeness (QED) is 0.663. The fraction of sp³-hybridized carbons (Fsp3) is 0.545. The number of nitrogens with zero attached hydrogens (tertiary/aromatic N) is 3. The van der Waals surface area contributed by atoms with Crippen LogP contribution in [-0.4, -0.2) is 70.1 Å². The Bertz CT molecular complexity index is 990. The standard InChI is InChI=1S/C20H25N3O4.C2HF3O2/c1-3-5-17-18(14(2)22-27-17)19(24)23-12-20(13-23)15(7-9-26-20)11-25-16-6-4-8-21-10-16;3-2(4,5)1(6)7/h4,6,8,10,15H,3,5,7,9,11-13H2,1-2H3;(H,6,7). The van der Waals surface area contributed by atoms with E-state index < -0.39 is 12.1 Å². The Hall–Kier alpha value is -3.15. The lowest BCUT2D eigenvalue weighted by Gasteiger charge is -2.50. The molecule has 1 amide bonds. The Balaban J connectivity index is 0.000000406. The Morgan fingerprint density at radius 3 is 2.65 bits per heavy atom. The number of hydrogen-bond donors (Lipinski definition) is 1. The van der Waals surface area contributed by atoms with Gasteiger partial charge in [-0.1, -0.05) is 12.1 Å². The summed E-state index contributed by atoms with van der Waals surface area (Å²) >= 11 is 0. The van der Waals surface area contributed by atoms with Crippen molar-refractivity contribution >= 4 is 11.9 Å². The molecule has 186 valence electrons. The molecular weight excluding hydrogens is 459 g/mol. The van der Waals surface area contributed by atoms with Crippen molar-refractivity contribution in [2.75, 3.05) is 26.3 Å². The highest BCUT2D eigenvalue weighted by molar-refractivity contribution is 5.96. The summed E-state index contributed by atoms with van der Waals surface area (Å²) in [6, 6.07) is 3.76. The third-order valence-corrected chi connectivity index (χ3v) is 5.76. The van der Waals surface area contributed by atoms with Gasteiger partial charge in [0, 0.05) is 25.1 Å². The first-order chi connectivity index (χ1) is 16.1. The molecule has 9 nitrogen and oxygen atoms in total. The van der Waals surface area contributed by atoms with Crippen molar-refractivity contribution in [1.29, 1.82) is 0 Å². The topological polar surface area (TPSA) is 115 Å². The molecule has 1 unspecified atom stereocenters. The fourth-order valence-electron chi connectivity index (χ4n) is 3.99. The number of aryl methyl sites for hydroxylation is 2. The molecule has 0 bridgehead atoms. The van der Waals surface area contributed by atoms with Crippen LogP contribution >= 0.6 is 0 Å². The van der Waals surface area contributed by atoms with E-state index in [1.807, 2.05) is 24.0 Å². The molecule has 1 N–H and O–H groups in total. The predicted molar refractivity (Wildman–Crippen MR) is 111 cm³/mol. The van der Waals surface area contributed by atoms with Crippen molar-refractivity contribution in [1.82, 2.24) is 15.0 Å². The lowest BCUT2D eigenvalue weighted by atomic mass is 9.81. The minimum Gasteiger partial charge on any atom is -0.492 e. The number of hydrogen-bond acceptors (Lipinski definition) is 7. The number of carbonyl (C=O) groups excluding carboxylic acids is 1. The van der Waals surface area contributed by atoms with Gasteiger partial charge in [-0.2, -0.15) is 13.2 Å². The lowest BCUT2D eigenvalue weighted by molar-refractivity contribution is -0.192. The van der Waals surface area contributed by atoms with E-state index in [0.717, 1.165) is 25.0 Å². The average Bonchev–Trinajstić information content (AvgIpc) is 3.35. The number of alkyl halides is 3. The molecule has 2 fully saturated rings. The summed E-state index contributed by atoms with van der Waals surface area (Å²) in [5.74, 6) is -1.06. The SMILES string of the molecule is CCCc1onc(C)c1C(=O)N1CC2(C1)OCCC2COc1cccnc1.O=C(O)C(F)(F)F. The molecule has 0 saturated carbocycles. The van der Waals surface area contributed by atoms with Crippen LogP contribution in [0.15, 0.2) is 29.0 Å². The second-order valence-electron chi connectivity index (χ2n) is 8.18.